The molecule has 0 bridgehead atoms. The van der Waals surface area contributed by atoms with E-state index in [1.165, 1.54) is 12.1 Å². The fraction of sp³-hybridized carbons (Fsp3) is 0.700. The number of aliphatic imine (C=N–C) groups is 1. The molecule has 0 spiro atoms. The third-order valence-electron chi connectivity index (χ3n) is 1.54. The molecule has 0 rings (SSSR count). The number of allylic oxidation sites excluding steroid dienone is 1. The molecule has 0 aliphatic heterocycles. The van der Waals surface area contributed by atoms with Crippen LogP contribution in [0.1, 0.15) is 46.5 Å². The molecule has 0 aromatic heterocycles. The van der Waals surface area contributed by atoms with Crippen molar-refractivity contribution in [1.29, 1.82) is 0 Å². The molecule has 0 fully saturated rings. The normalized spacial score (nSPS) is 12.8. The lowest BCUT2D eigenvalue weighted by Gasteiger charge is -1.97. The summed E-state index contributed by atoms with van der Waals surface area (Å²) < 4.78 is 0. The molecule has 0 aromatic carbocycles. The largest absolute Gasteiger partial charge is 0.266 e. The molecular formula is C10H19N. The van der Waals surface area contributed by atoms with Crippen LogP contribution in [-0.2, 0) is 0 Å². The molecule has 0 saturated carbocycles. The van der Waals surface area contributed by atoms with Crippen LogP contribution in [-0.4, -0.2) is 5.71 Å². The molecular weight excluding hydrogens is 134 g/mol. The van der Waals surface area contributed by atoms with E-state index in [1.807, 2.05) is 6.20 Å². The van der Waals surface area contributed by atoms with Crippen LogP contribution in [0.2, 0.25) is 0 Å². The van der Waals surface area contributed by atoms with Crippen LogP contribution < -0.4 is 0 Å². The van der Waals surface area contributed by atoms with Gasteiger partial charge in [-0.05, 0) is 19.3 Å². The zero-order valence-electron chi connectivity index (χ0n) is 7.93. The van der Waals surface area contributed by atoms with E-state index in [9.17, 15) is 0 Å². The van der Waals surface area contributed by atoms with E-state index in [4.69, 9.17) is 0 Å². The van der Waals surface area contributed by atoms with Crippen molar-refractivity contribution in [1.82, 2.24) is 0 Å². The smallest absolute Gasteiger partial charge is 0.0227 e. The van der Waals surface area contributed by atoms with E-state index in [-0.39, 0.29) is 0 Å². The summed E-state index contributed by atoms with van der Waals surface area (Å²) in [6.07, 6.45) is 8.52. The maximum Gasteiger partial charge on any atom is 0.0227 e. The first-order chi connectivity index (χ1) is 5.35. The molecule has 0 aliphatic carbocycles. The van der Waals surface area contributed by atoms with Gasteiger partial charge in [0.25, 0.3) is 0 Å². The van der Waals surface area contributed by atoms with Crippen LogP contribution in [0.25, 0.3) is 0 Å². The standard InChI is InChI=1S/C10H19N/c1-4-7-9-11-10(6-3)8-5-2/h7,9H,4-6,8H2,1-3H3/b9-7-,11-10?. The van der Waals surface area contributed by atoms with Gasteiger partial charge in [-0.15, -0.1) is 0 Å². The summed E-state index contributed by atoms with van der Waals surface area (Å²) in [5, 5.41) is 0. The van der Waals surface area contributed by atoms with Crippen LogP contribution in [0.15, 0.2) is 17.3 Å². The molecule has 0 N–H and O–H groups in total. The summed E-state index contributed by atoms with van der Waals surface area (Å²) in [5.74, 6) is 0. The first-order valence-corrected chi connectivity index (χ1v) is 4.55. The monoisotopic (exact) mass is 153 g/mol. The minimum Gasteiger partial charge on any atom is -0.266 e. The van der Waals surface area contributed by atoms with Gasteiger partial charge in [0.1, 0.15) is 0 Å². The van der Waals surface area contributed by atoms with Crippen molar-refractivity contribution in [3.8, 4) is 0 Å². The lowest BCUT2D eigenvalue weighted by Crippen LogP contribution is -1.93. The van der Waals surface area contributed by atoms with Gasteiger partial charge in [-0.25, -0.2) is 0 Å². The van der Waals surface area contributed by atoms with Crippen LogP contribution in [0.5, 0.6) is 0 Å². The Morgan fingerprint density at radius 1 is 1.27 bits per heavy atom. The quantitative estimate of drug-likeness (QED) is 0.535. The highest BCUT2D eigenvalue weighted by atomic mass is 14.7. The van der Waals surface area contributed by atoms with E-state index in [1.54, 1.807) is 0 Å². The Balaban J connectivity index is 3.79. The molecule has 0 atom stereocenters. The van der Waals surface area contributed by atoms with Gasteiger partial charge < -0.3 is 0 Å². The molecule has 0 heterocycles. The van der Waals surface area contributed by atoms with Crippen LogP contribution >= 0.6 is 0 Å². The average Bonchev–Trinajstić information content (AvgIpc) is 2.03. The highest BCUT2D eigenvalue weighted by Gasteiger charge is 1.90. The Labute approximate surface area is 70.2 Å². The van der Waals surface area contributed by atoms with Crippen molar-refractivity contribution in [2.45, 2.75) is 46.5 Å². The first-order valence-electron chi connectivity index (χ1n) is 4.55. The Bertz CT molecular complexity index is 134. The van der Waals surface area contributed by atoms with Crippen LogP contribution in [0.3, 0.4) is 0 Å². The number of rotatable bonds is 5. The summed E-state index contributed by atoms with van der Waals surface area (Å²) in [6.45, 7) is 6.47. The predicted octanol–water partition coefficient (Wildman–Crippen LogP) is 3.56. The molecule has 1 nitrogen and oxygen atoms in total. The minimum absolute atomic E-state index is 1.08. The maximum absolute atomic E-state index is 4.36. The summed E-state index contributed by atoms with van der Waals surface area (Å²) in [5.41, 5.74) is 1.32. The van der Waals surface area contributed by atoms with Gasteiger partial charge in [-0.3, -0.25) is 4.99 Å². The third-order valence-corrected chi connectivity index (χ3v) is 1.54. The summed E-state index contributed by atoms with van der Waals surface area (Å²) >= 11 is 0. The van der Waals surface area contributed by atoms with Gasteiger partial charge in [-0.2, -0.15) is 0 Å². The molecule has 0 aromatic rings. The summed E-state index contributed by atoms with van der Waals surface area (Å²) in [6, 6.07) is 0. The number of nitrogens with zero attached hydrogens (tertiary/aromatic N) is 1. The Morgan fingerprint density at radius 2 is 2.00 bits per heavy atom. The van der Waals surface area contributed by atoms with E-state index in [2.05, 4.69) is 31.8 Å². The second kappa shape index (κ2) is 7.52. The molecule has 1 heteroatoms. The zero-order valence-corrected chi connectivity index (χ0v) is 7.93. The highest BCUT2D eigenvalue weighted by Crippen LogP contribution is 1.97. The topological polar surface area (TPSA) is 12.4 Å². The van der Waals surface area contributed by atoms with E-state index >= 15 is 0 Å². The lowest BCUT2D eigenvalue weighted by atomic mass is 10.2. The second-order valence-corrected chi connectivity index (χ2v) is 2.59. The van der Waals surface area contributed by atoms with Crippen LogP contribution in [0, 0.1) is 0 Å². The maximum atomic E-state index is 4.36. The van der Waals surface area contributed by atoms with Gasteiger partial charge in [0, 0.05) is 11.9 Å². The minimum atomic E-state index is 1.08. The van der Waals surface area contributed by atoms with Crippen molar-refractivity contribution in [3.63, 3.8) is 0 Å². The second-order valence-electron chi connectivity index (χ2n) is 2.59. The van der Waals surface area contributed by atoms with Gasteiger partial charge in [0.2, 0.25) is 0 Å². The average molecular weight is 153 g/mol. The molecule has 0 saturated heterocycles. The molecule has 0 amide bonds. The Morgan fingerprint density at radius 3 is 2.45 bits per heavy atom. The highest BCUT2D eigenvalue weighted by molar-refractivity contribution is 5.84. The van der Waals surface area contributed by atoms with Crippen molar-refractivity contribution in [2.75, 3.05) is 0 Å². The van der Waals surface area contributed by atoms with Crippen molar-refractivity contribution in [2.24, 2.45) is 4.99 Å². The molecule has 0 radical (unpaired) electrons. The Hall–Kier alpha value is -0.590. The van der Waals surface area contributed by atoms with Crippen molar-refractivity contribution < 1.29 is 0 Å². The fourth-order valence-electron chi connectivity index (χ4n) is 0.885. The zero-order chi connectivity index (χ0) is 8.53. The number of hydrogen-bond donors (Lipinski definition) is 0. The molecule has 0 aliphatic rings. The number of hydrogen-bond acceptors (Lipinski definition) is 1. The van der Waals surface area contributed by atoms with Crippen molar-refractivity contribution in [3.05, 3.63) is 12.3 Å². The van der Waals surface area contributed by atoms with Crippen LogP contribution in [0.4, 0.5) is 0 Å². The molecule has 64 valence electrons. The molecule has 0 unspecified atom stereocenters. The van der Waals surface area contributed by atoms with Crippen molar-refractivity contribution >= 4 is 5.71 Å². The fourth-order valence-corrected chi connectivity index (χ4v) is 0.885. The molecule has 11 heavy (non-hydrogen) atoms. The van der Waals surface area contributed by atoms with E-state index in [0.29, 0.717) is 0 Å². The third kappa shape index (κ3) is 5.84. The lowest BCUT2D eigenvalue weighted by molar-refractivity contribution is 0.965. The van der Waals surface area contributed by atoms with E-state index in [0.717, 1.165) is 19.3 Å². The Kier molecular flexibility index (Phi) is 7.11. The first kappa shape index (κ1) is 10.4. The van der Waals surface area contributed by atoms with Gasteiger partial charge >= 0.3 is 0 Å². The predicted molar refractivity (Wildman–Crippen MR) is 52.1 cm³/mol. The van der Waals surface area contributed by atoms with Gasteiger partial charge in [-0.1, -0.05) is 33.3 Å². The summed E-state index contributed by atoms with van der Waals surface area (Å²) in [7, 11) is 0. The summed E-state index contributed by atoms with van der Waals surface area (Å²) in [4.78, 5) is 4.36. The SMILES string of the molecule is CC/C=C\N=C(CC)CCC. The van der Waals surface area contributed by atoms with Gasteiger partial charge in [0.15, 0.2) is 0 Å². The van der Waals surface area contributed by atoms with E-state index < -0.39 is 0 Å². The van der Waals surface area contributed by atoms with Gasteiger partial charge in [0.05, 0.1) is 0 Å².